The minimum absolute atomic E-state index is 0.217. The molecule has 3 nitrogen and oxygen atoms in total. The van der Waals surface area contributed by atoms with Gasteiger partial charge in [0.25, 0.3) is 5.43 Å². The highest BCUT2D eigenvalue weighted by molar-refractivity contribution is 7.22. The van der Waals surface area contributed by atoms with Crippen LogP contribution in [-0.4, -0.2) is 0 Å². The van der Waals surface area contributed by atoms with Crippen LogP contribution in [0.2, 0.25) is 0 Å². The van der Waals surface area contributed by atoms with Crippen molar-refractivity contribution in [2.75, 3.05) is 0 Å². The van der Waals surface area contributed by atoms with E-state index in [9.17, 15) is 14.4 Å². The van der Waals surface area contributed by atoms with Crippen molar-refractivity contribution in [3.63, 3.8) is 0 Å². The van der Waals surface area contributed by atoms with Gasteiger partial charge in [0, 0.05) is 20.3 Å². The van der Waals surface area contributed by atoms with E-state index in [1.807, 2.05) is 30.3 Å². The maximum absolute atomic E-state index is 11.8. The topological polar surface area (TPSA) is 51.2 Å². The van der Waals surface area contributed by atoms with Crippen LogP contribution in [0.1, 0.15) is 0 Å². The lowest BCUT2D eigenvalue weighted by molar-refractivity contribution is 1.56. The van der Waals surface area contributed by atoms with Crippen LogP contribution in [0.5, 0.6) is 0 Å². The molecule has 4 aromatic rings. The van der Waals surface area contributed by atoms with Crippen LogP contribution >= 0.6 is 11.3 Å². The van der Waals surface area contributed by atoms with Gasteiger partial charge in [0.05, 0.1) is 0 Å². The van der Waals surface area contributed by atoms with Gasteiger partial charge in [-0.3, -0.25) is 14.4 Å². The zero-order chi connectivity index (χ0) is 14.6. The number of hydrogen-bond acceptors (Lipinski definition) is 4. The summed E-state index contributed by atoms with van der Waals surface area (Å²) >= 11 is 1.62. The van der Waals surface area contributed by atoms with E-state index < -0.39 is 16.3 Å². The number of fused-ring (bicyclic) bond motifs is 2. The van der Waals surface area contributed by atoms with Crippen molar-refractivity contribution in [2.45, 2.75) is 0 Å². The van der Waals surface area contributed by atoms with Gasteiger partial charge in [0.2, 0.25) is 10.9 Å². The predicted molar refractivity (Wildman–Crippen MR) is 85.9 cm³/mol. The quantitative estimate of drug-likeness (QED) is 0.507. The Morgan fingerprint density at radius 1 is 0.714 bits per heavy atom. The van der Waals surface area contributed by atoms with Gasteiger partial charge >= 0.3 is 0 Å². The summed E-state index contributed by atoms with van der Waals surface area (Å²) in [6.45, 7) is 0. The monoisotopic (exact) mass is 292 g/mol. The third-order valence-electron chi connectivity index (χ3n) is 3.63. The molecule has 0 radical (unpaired) electrons. The Morgan fingerprint density at radius 2 is 1.48 bits per heavy atom. The zero-order valence-electron chi connectivity index (χ0n) is 10.8. The van der Waals surface area contributed by atoms with E-state index in [2.05, 4.69) is 0 Å². The summed E-state index contributed by atoms with van der Waals surface area (Å²) in [5.74, 6) is 0. The molecule has 0 amide bonds. The molecule has 0 aliphatic carbocycles. The van der Waals surface area contributed by atoms with E-state index >= 15 is 0 Å². The molecule has 0 aliphatic heterocycles. The highest BCUT2D eigenvalue weighted by atomic mass is 32.1. The number of hydrogen-bond donors (Lipinski definition) is 0. The molecule has 0 spiro atoms. The van der Waals surface area contributed by atoms with Gasteiger partial charge in [0.1, 0.15) is 0 Å². The predicted octanol–water partition coefficient (Wildman–Crippen LogP) is 2.68. The second-order valence-electron chi connectivity index (χ2n) is 4.90. The highest BCUT2D eigenvalue weighted by Gasteiger charge is 2.13. The molecule has 0 aliphatic rings. The second-order valence-corrected chi connectivity index (χ2v) is 5.98. The van der Waals surface area contributed by atoms with E-state index in [1.54, 1.807) is 29.5 Å². The summed E-state index contributed by atoms with van der Waals surface area (Å²) < 4.78 is 1.16. The van der Waals surface area contributed by atoms with Crippen LogP contribution in [0.4, 0.5) is 0 Å². The second kappa shape index (κ2) is 4.20. The first-order valence-electron chi connectivity index (χ1n) is 6.41. The number of benzene rings is 2. The van der Waals surface area contributed by atoms with E-state index in [1.165, 1.54) is 0 Å². The van der Waals surface area contributed by atoms with Crippen LogP contribution in [0.25, 0.3) is 31.3 Å². The van der Waals surface area contributed by atoms with Crippen molar-refractivity contribution in [3.8, 4) is 10.4 Å². The maximum atomic E-state index is 11.8. The average molecular weight is 292 g/mol. The summed E-state index contributed by atoms with van der Waals surface area (Å²) in [4.78, 5) is 35.9. The Hall–Kier alpha value is -2.59. The van der Waals surface area contributed by atoms with Gasteiger partial charge in [-0.25, -0.2) is 0 Å². The van der Waals surface area contributed by atoms with Crippen LogP contribution in [0.15, 0.2) is 62.9 Å². The fourth-order valence-electron chi connectivity index (χ4n) is 2.56. The molecule has 1 heterocycles. The molecular weight excluding hydrogens is 284 g/mol. The normalized spacial score (nSPS) is 11.4. The molecule has 0 fully saturated rings. The Kier molecular flexibility index (Phi) is 2.43. The summed E-state index contributed by atoms with van der Waals surface area (Å²) in [5, 5.41) is 1.58. The van der Waals surface area contributed by atoms with Gasteiger partial charge in [-0.15, -0.1) is 11.3 Å². The van der Waals surface area contributed by atoms with Crippen LogP contribution in [0.3, 0.4) is 0 Å². The third kappa shape index (κ3) is 1.69. The third-order valence-corrected chi connectivity index (χ3v) is 4.80. The minimum atomic E-state index is -0.932. The van der Waals surface area contributed by atoms with E-state index in [-0.39, 0.29) is 10.8 Å². The first-order valence-corrected chi connectivity index (χ1v) is 7.23. The Balaban J connectivity index is 2.02. The Bertz CT molecular complexity index is 1110. The molecule has 4 heteroatoms. The van der Waals surface area contributed by atoms with E-state index in [4.69, 9.17) is 0 Å². The summed E-state index contributed by atoms with van der Waals surface area (Å²) in [6, 6.07) is 15.1. The fourth-order valence-corrected chi connectivity index (χ4v) is 3.61. The van der Waals surface area contributed by atoms with Gasteiger partial charge in [-0.2, -0.15) is 0 Å². The van der Waals surface area contributed by atoms with E-state index in [0.717, 1.165) is 20.5 Å². The highest BCUT2D eigenvalue weighted by Crippen LogP contribution is 2.33. The number of thiophene rings is 1. The van der Waals surface area contributed by atoms with Gasteiger partial charge in [0.15, 0.2) is 0 Å². The summed E-state index contributed by atoms with van der Waals surface area (Å²) in [5.41, 5.74) is -1.47. The largest absolute Gasteiger partial charge is 0.285 e. The van der Waals surface area contributed by atoms with Crippen molar-refractivity contribution in [1.29, 1.82) is 0 Å². The van der Waals surface area contributed by atoms with Gasteiger partial charge < -0.3 is 0 Å². The van der Waals surface area contributed by atoms with Gasteiger partial charge in [-0.05, 0) is 35.2 Å². The van der Waals surface area contributed by atoms with Crippen molar-refractivity contribution in [3.05, 3.63) is 79.2 Å². The summed E-state index contributed by atoms with van der Waals surface area (Å²) in [6.07, 6.45) is 0. The first kappa shape index (κ1) is 12.2. The Morgan fingerprint density at radius 3 is 2.29 bits per heavy atom. The summed E-state index contributed by atoms with van der Waals surface area (Å²) in [7, 11) is 0. The molecule has 0 saturated carbocycles. The molecule has 1 aromatic heterocycles. The molecule has 3 aromatic carbocycles. The molecule has 21 heavy (non-hydrogen) atoms. The lowest BCUT2D eigenvalue weighted by Gasteiger charge is -1.96. The smallest absolute Gasteiger partial charge is 0.273 e. The van der Waals surface area contributed by atoms with Crippen molar-refractivity contribution >= 4 is 32.2 Å². The molecular formula is C17H8O3S. The lowest BCUT2D eigenvalue weighted by atomic mass is 10.1. The minimum Gasteiger partial charge on any atom is -0.285 e. The van der Waals surface area contributed by atoms with E-state index in [0.29, 0.717) is 0 Å². The molecule has 0 atom stereocenters. The van der Waals surface area contributed by atoms with Crippen molar-refractivity contribution in [2.24, 2.45) is 0 Å². The molecule has 0 bridgehead atoms. The number of rotatable bonds is 1. The molecule has 100 valence electrons. The van der Waals surface area contributed by atoms with Crippen LogP contribution in [0, 0.1) is 0 Å². The molecule has 0 N–H and O–H groups in total. The zero-order valence-corrected chi connectivity index (χ0v) is 11.6. The fraction of sp³-hybridized carbons (Fsp3) is 0. The molecule has 0 unspecified atom stereocenters. The SMILES string of the molecule is O=c1c(=O)c2ccc(-c3cc4ccccc4s3)cc2c1=O. The van der Waals surface area contributed by atoms with Crippen LogP contribution < -0.4 is 16.3 Å². The average Bonchev–Trinajstić information content (AvgIpc) is 3.03. The lowest BCUT2D eigenvalue weighted by Crippen LogP contribution is -2.29. The van der Waals surface area contributed by atoms with Crippen LogP contribution in [-0.2, 0) is 0 Å². The Labute approximate surface area is 122 Å². The molecule has 4 rings (SSSR count). The molecule has 0 saturated heterocycles. The van der Waals surface area contributed by atoms with Crippen molar-refractivity contribution in [1.82, 2.24) is 0 Å². The standard InChI is InChI=1S/C17H8O3S/c18-15-11-6-5-10(7-12(11)16(19)17(15)20)14-8-9-3-1-2-4-13(9)21-14/h1-8H. The first-order chi connectivity index (χ1) is 10.1. The van der Waals surface area contributed by atoms with Gasteiger partial charge in [-0.1, -0.05) is 24.3 Å². The maximum Gasteiger partial charge on any atom is 0.273 e. The van der Waals surface area contributed by atoms with Crippen molar-refractivity contribution < 1.29 is 0 Å².